The summed E-state index contributed by atoms with van der Waals surface area (Å²) in [5.41, 5.74) is 0. The van der Waals surface area contributed by atoms with E-state index in [0.717, 1.165) is 0 Å². The van der Waals surface area contributed by atoms with Gasteiger partial charge < -0.3 is 15.2 Å². The van der Waals surface area contributed by atoms with Gasteiger partial charge in [-0.15, -0.1) is 0 Å². The first-order valence-corrected chi connectivity index (χ1v) is 3.11. The van der Waals surface area contributed by atoms with Gasteiger partial charge in [0.2, 0.25) is 0 Å². The Kier molecular flexibility index (Phi) is 4.21. The number of esters is 1. The average Bonchev–Trinajstić information content (AvgIpc) is 1.87. The fourth-order valence-electron chi connectivity index (χ4n) is 0.479. The van der Waals surface area contributed by atoms with E-state index in [0.29, 0.717) is 0 Å². The smallest absolute Gasteiger partial charge is 0.324 e. The predicted octanol–water partition coefficient (Wildman–Crippen LogP) is -0.778. The second-order valence-corrected chi connectivity index (χ2v) is 1.98. The highest BCUT2D eigenvalue weighted by Gasteiger charge is 2.15. The Morgan fingerprint density at radius 3 is 2.45 bits per heavy atom. The second kappa shape index (κ2) is 4.68. The van der Waals surface area contributed by atoms with E-state index in [1.165, 1.54) is 14.0 Å². The maximum absolute atomic E-state index is 10.3. The first kappa shape index (κ1) is 9.90. The lowest BCUT2D eigenvalue weighted by Crippen LogP contribution is -2.38. The number of rotatable bonds is 4. The van der Waals surface area contributed by atoms with E-state index in [1.54, 1.807) is 0 Å². The lowest BCUT2D eigenvalue weighted by molar-refractivity contribution is -0.146. The van der Waals surface area contributed by atoms with Crippen LogP contribution in [0.5, 0.6) is 0 Å². The Labute approximate surface area is 64.3 Å². The number of likely N-dealkylation sites (N-methyl/N-ethyl adjacent to an activating group) is 1. The molecule has 0 spiro atoms. The molecule has 0 aliphatic rings. The van der Waals surface area contributed by atoms with Crippen LogP contribution in [0.25, 0.3) is 0 Å². The van der Waals surface area contributed by atoms with E-state index in [-0.39, 0.29) is 6.61 Å². The number of nitrogens with one attached hydrogen (secondary N) is 1. The third kappa shape index (κ3) is 4.32. The minimum Gasteiger partial charge on any atom is -0.480 e. The highest BCUT2D eigenvalue weighted by atomic mass is 16.5. The molecule has 0 aromatic carbocycles. The van der Waals surface area contributed by atoms with Crippen molar-refractivity contribution in [2.75, 3.05) is 13.7 Å². The molecule has 0 aromatic heterocycles. The number of hydrogen-bond donors (Lipinski definition) is 2. The number of aliphatic carboxylic acids is 1. The van der Waals surface area contributed by atoms with Gasteiger partial charge in [-0.2, -0.15) is 0 Å². The molecule has 1 atom stereocenters. The molecule has 0 bridgehead atoms. The lowest BCUT2D eigenvalue weighted by Gasteiger charge is -2.09. The molecular formula is C6H11NO4. The van der Waals surface area contributed by atoms with Gasteiger partial charge in [-0.3, -0.25) is 9.59 Å². The number of carbonyl (C=O) groups is 2. The Morgan fingerprint density at radius 2 is 2.18 bits per heavy atom. The SMILES string of the molecule is CN[C@@H](COC(C)=O)C(=O)O. The molecule has 0 aliphatic carbocycles. The van der Waals surface area contributed by atoms with Crippen molar-refractivity contribution in [3.05, 3.63) is 0 Å². The van der Waals surface area contributed by atoms with Crippen molar-refractivity contribution in [3.63, 3.8) is 0 Å². The molecule has 0 unspecified atom stereocenters. The van der Waals surface area contributed by atoms with Crippen molar-refractivity contribution in [1.29, 1.82) is 0 Å². The number of carboxylic acid groups (broad SMARTS) is 1. The monoisotopic (exact) mass is 161 g/mol. The van der Waals surface area contributed by atoms with Gasteiger partial charge in [-0.1, -0.05) is 0 Å². The summed E-state index contributed by atoms with van der Waals surface area (Å²) in [5, 5.41) is 10.9. The van der Waals surface area contributed by atoms with Crippen molar-refractivity contribution >= 4 is 11.9 Å². The van der Waals surface area contributed by atoms with Gasteiger partial charge in [0.05, 0.1) is 0 Å². The standard InChI is InChI=1S/C6H11NO4/c1-4(8)11-3-5(7-2)6(9)10/h5,7H,3H2,1-2H3,(H,9,10)/t5-/m0/s1. The molecule has 11 heavy (non-hydrogen) atoms. The van der Waals surface area contributed by atoms with E-state index in [1.807, 2.05) is 0 Å². The van der Waals surface area contributed by atoms with E-state index >= 15 is 0 Å². The quantitative estimate of drug-likeness (QED) is 0.529. The Bertz CT molecular complexity index is 157. The molecule has 0 heterocycles. The van der Waals surface area contributed by atoms with Crippen LogP contribution in [0, 0.1) is 0 Å². The highest BCUT2D eigenvalue weighted by molar-refractivity contribution is 5.74. The maximum Gasteiger partial charge on any atom is 0.324 e. The van der Waals surface area contributed by atoms with Gasteiger partial charge in [0.25, 0.3) is 0 Å². The average molecular weight is 161 g/mol. The summed E-state index contributed by atoms with van der Waals surface area (Å²) in [6.45, 7) is 1.09. The fourth-order valence-corrected chi connectivity index (χ4v) is 0.479. The summed E-state index contributed by atoms with van der Waals surface area (Å²) in [7, 11) is 1.49. The second-order valence-electron chi connectivity index (χ2n) is 1.98. The van der Waals surface area contributed by atoms with Crippen LogP contribution in [0.4, 0.5) is 0 Å². The predicted molar refractivity (Wildman–Crippen MR) is 37.1 cm³/mol. The van der Waals surface area contributed by atoms with Crippen LogP contribution in [-0.4, -0.2) is 36.7 Å². The number of hydrogen-bond acceptors (Lipinski definition) is 4. The number of carbonyl (C=O) groups excluding carboxylic acids is 1. The van der Waals surface area contributed by atoms with Gasteiger partial charge >= 0.3 is 11.9 Å². The van der Waals surface area contributed by atoms with Crippen molar-refractivity contribution < 1.29 is 19.4 Å². The summed E-state index contributed by atoms with van der Waals surface area (Å²) in [5.74, 6) is -1.51. The fraction of sp³-hybridized carbons (Fsp3) is 0.667. The van der Waals surface area contributed by atoms with Gasteiger partial charge in [-0.25, -0.2) is 0 Å². The van der Waals surface area contributed by atoms with Gasteiger partial charge in [-0.05, 0) is 7.05 Å². The molecule has 0 saturated carbocycles. The van der Waals surface area contributed by atoms with Crippen LogP contribution in [0.2, 0.25) is 0 Å². The summed E-state index contributed by atoms with van der Waals surface area (Å²) in [6, 6.07) is -0.820. The van der Waals surface area contributed by atoms with Crippen molar-refractivity contribution in [3.8, 4) is 0 Å². The Balaban J connectivity index is 3.70. The van der Waals surface area contributed by atoms with Crippen LogP contribution >= 0.6 is 0 Å². The van der Waals surface area contributed by atoms with Crippen LogP contribution in [-0.2, 0) is 14.3 Å². The zero-order chi connectivity index (χ0) is 8.85. The lowest BCUT2D eigenvalue weighted by atomic mass is 10.3. The number of ether oxygens (including phenoxy) is 1. The van der Waals surface area contributed by atoms with Crippen LogP contribution in [0.15, 0.2) is 0 Å². The maximum atomic E-state index is 10.3. The first-order valence-electron chi connectivity index (χ1n) is 3.11. The van der Waals surface area contributed by atoms with Crippen LogP contribution < -0.4 is 5.32 Å². The topological polar surface area (TPSA) is 75.6 Å². The molecule has 0 fully saturated rings. The molecule has 64 valence electrons. The van der Waals surface area contributed by atoms with E-state index < -0.39 is 18.0 Å². The largest absolute Gasteiger partial charge is 0.480 e. The molecule has 0 amide bonds. The molecule has 0 rings (SSSR count). The molecule has 2 N–H and O–H groups in total. The van der Waals surface area contributed by atoms with Crippen molar-refractivity contribution in [1.82, 2.24) is 5.32 Å². The molecule has 5 nitrogen and oxygen atoms in total. The molecule has 0 aromatic rings. The molecule has 0 aliphatic heterocycles. The molecule has 5 heteroatoms. The van der Waals surface area contributed by atoms with E-state index in [9.17, 15) is 9.59 Å². The highest BCUT2D eigenvalue weighted by Crippen LogP contribution is 1.85. The summed E-state index contributed by atoms with van der Waals surface area (Å²) >= 11 is 0. The minimum absolute atomic E-state index is 0.138. The summed E-state index contributed by atoms with van der Waals surface area (Å²) < 4.78 is 4.47. The van der Waals surface area contributed by atoms with E-state index in [4.69, 9.17) is 5.11 Å². The number of carboxylic acids is 1. The molecule has 0 radical (unpaired) electrons. The zero-order valence-electron chi connectivity index (χ0n) is 6.46. The molecule has 0 saturated heterocycles. The first-order chi connectivity index (χ1) is 5.07. The summed E-state index contributed by atoms with van der Waals surface area (Å²) in [6.07, 6.45) is 0. The third-order valence-corrected chi connectivity index (χ3v) is 1.10. The van der Waals surface area contributed by atoms with Gasteiger partial charge in [0.1, 0.15) is 12.6 Å². The third-order valence-electron chi connectivity index (χ3n) is 1.10. The summed E-state index contributed by atoms with van der Waals surface area (Å²) in [4.78, 5) is 20.5. The minimum atomic E-state index is -1.03. The van der Waals surface area contributed by atoms with Gasteiger partial charge in [0, 0.05) is 6.92 Å². The van der Waals surface area contributed by atoms with E-state index in [2.05, 4.69) is 10.1 Å². The van der Waals surface area contributed by atoms with Crippen molar-refractivity contribution in [2.45, 2.75) is 13.0 Å². The Hall–Kier alpha value is -1.10. The normalized spacial score (nSPS) is 12.2. The van der Waals surface area contributed by atoms with Gasteiger partial charge in [0.15, 0.2) is 0 Å². The molecular weight excluding hydrogens is 150 g/mol. The Morgan fingerprint density at radius 1 is 1.64 bits per heavy atom. The van der Waals surface area contributed by atoms with Crippen LogP contribution in [0.1, 0.15) is 6.92 Å². The van der Waals surface area contributed by atoms with Crippen molar-refractivity contribution in [2.24, 2.45) is 0 Å². The van der Waals surface area contributed by atoms with Crippen LogP contribution in [0.3, 0.4) is 0 Å². The zero-order valence-corrected chi connectivity index (χ0v) is 6.46.